The molecule has 5 nitrogen and oxygen atoms in total. The number of nitrogens with zero attached hydrogens (tertiary/aromatic N) is 2. The summed E-state index contributed by atoms with van der Waals surface area (Å²) in [5.74, 6) is -0.0130. The lowest BCUT2D eigenvalue weighted by Gasteiger charge is -2.30. The van der Waals surface area contributed by atoms with Gasteiger partial charge >= 0.3 is 0 Å². The number of carbonyl (C=O) groups excluding carboxylic acids is 1. The fourth-order valence-corrected chi connectivity index (χ4v) is 2.48. The molecule has 21 heavy (non-hydrogen) atoms. The fraction of sp³-hybridized carbons (Fsp3) is 0.562. The first-order chi connectivity index (χ1) is 10.2. The van der Waals surface area contributed by atoms with Gasteiger partial charge in [0.25, 0.3) is 5.91 Å². The van der Waals surface area contributed by atoms with Crippen molar-refractivity contribution in [1.82, 2.24) is 9.80 Å². The summed E-state index contributed by atoms with van der Waals surface area (Å²) in [5, 5.41) is 9.20. The summed E-state index contributed by atoms with van der Waals surface area (Å²) in [6.07, 6.45) is 0. The minimum Gasteiger partial charge on any atom is -0.395 e. The molecule has 1 fully saturated rings. The van der Waals surface area contributed by atoms with Gasteiger partial charge in [-0.1, -0.05) is 17.7 Å². The van der Waals surface area contributed by atoms with Crippen molar-refractivity contribution in [2.75, 3.05) is 52.5 Å². The van der Waals surface area contributed by atoms with Crippen LogP contribution in [0.4, 0.5) is 0 Å². The van der Waals surface area contributed by atoms with E-state index in [2.05, 4.69) is 4.90 Å². The third-order valence-electron chi connectivity index (χ3n) is 3.71. The number of aliphatic hydroxyl groups is 1. The average Bonchev–Trinajstić information content (AvgIpc) is 2.52. The van der Waals surface area contributed by atoms with Crippen molar-refractivity contribution in [3.05, 3.63) is 35.4 Å². The summed E-state index contributed by atoms with van der Waals surface area (Å²) in [7, 11) is 0. The van der Waals surface area contributed by atoms with Crippen LogP contribution >= 0.6 is 0 Å². The second kappa shape index (κ2) is 8.12. The molecular formula is C16H24N2O3. The predicted molar refractivity (Wildman–Crippen MR) is 81.4 cm³/mol. The van der Waals surface area contributed by atoms with E-state index in [4.69, 9.17) is 4.74 Å². The summed E-state index contributed by atoms with van der Waals surface area (Å²) in [6, 6.07) is 7.58. The van der Waals surface area contributed by atoms with Crippen molar-refractivity contribution >= 4 is 5.91 Å². The van der Waals surface area contributed by atoms with Gasteiger partial charge in [-0.2, -0.15) is 0 Å². The number of carbonyl (C=O) groups is 1. The topological polar surface area (TPSA) is 53.0 Å². The Morgan fingerprint density at radius 2 is 2.10 bits per heavy atom. The molecule has 1 N–H and O–H groups in total. The Kier molecular flexibility index (Phi) is 6.17. The van der Waals surface area contributed by atoms with E-state index in [0.717, 1.165) is 38.4 Å². The Labute approximate surface area is 126 Å². The van der Waals surface area contributed by atoms with Crippen LogP contribution in [0.15, 0.2) is 24.3 Å². The van der Waals surface area contributed by atoms with Crippen molar-refractivity contribution < 1.29 is 14.6 Å². The molecule has 1 aromatic carbocycles. The Morgan fingerprint density at radius 1 is 1.33 bits per heavy atom. The third-order valence-corrected chi connectivity index (χ3v) is 3.71. The Balaban J connectivity index is 1.95. The van der Waals surface area contributed by atoms with Crippen LogP contribution in [0.2, 0.25) is 0 Å². The molecule has 1 aliphatic rings. The lowest BCUT2D eigenvalue weighted by atomic mass is 10.1. The van der Waals surface area contributed by atoms with Gasteiger partial charge in [-0.15, -0.1) is 0 Å². The molecule has 0 unspecified atom stereocenters. The van der Waals surface area contributed by atoms with Crippen molar-refractivity contribution in [3.63, 3.8) is 0 Å². The zero-order chi connectivity index (χ0) is 15.1. The largest absolute Gasteiger partial charge is 0.395 e. The summed E-state index contributed by atoms with van der Waals surface area (Å²) in [5.41, 5.74) is 1.75. The minimum absolute atomic E-state index is 0.0130. The van der Waals surface area contributed by atoms with Crippen LogP contribution in [-0.4, -0.2) is 73.4 Å². The van der Waals surface area contributed by atoms with Gasteiger partial charge in [-0.3, -0.25) is 9.69 Å². The third kappa shape index (κ3) is 4.81. The van der Waals surface area contributed by atoms with Crippen LogP contribution in [0.5, 0.6) is 0 Å². The Morgan fingerprint density at radius 3 is 2.76 bits per heavy atom. The highest BCUT2D eigenvalue weighted by Gasteiger charge is 2.17. The number of benzene rings is 1. The number of rotatable bonds is 6. The molecule has 0 aromatic heterocycles. The molecule has 0 radical (unpaired) electrons. The lowest BCUT2D eigenvalue weighted by Crippen LogP contribution is -2.43. The smallest absolute Gasteiger partial charge is 0.253 e. The second-order valence-corrected chi connectivity index (χ2v) is 5.34. The van der Waals surface area contributed by atoms with E-state index in [1.54, 1.807) is 4.90 Å². The number of hydrogen-bond donors (Lipinski definition) is 1. The van der Waals surface area contributed by atoms with Crippen molar-refractivity contribution in [2.45, 2.75) is 6.92 Å². The van der Waals surface area contributed by atoms with Crippen molar-refractivity contribution in [2.24, 2.45) is 0 Å². The van der Waals surface area contributed by atoms with Crippen LogP contribution in [-0.2, 0) is 4.74 Å². The van der Waals surface area contributed by atoms with Gasteiger partial charge in [0, 0.05) is 38.3 Å². The summed E-state index contributed by atoms with van der Waals surface area (Å²) in [4.78, 5) is 16.5. The first-order valence-corrected chi connectivity index (χ1v) is 7.47. The highest BCUT2D eigenvalue weighted by atomic mass is 16.5. The van der Waals surface area contributed by atoms with Crippen LogP contribution in [0.25, 0.3) is 0 Å². The van der Waals surface area contributed by atoms with E-state index in [9.17, 15) is 9.90 Å². The number of ether oxygens (including phenoxy) is 1. The maximum atomic E-state index is 12.5. The normalized spacial score (nSPS) is 15.9. The summed E-state index contributed by atoms with van der Waals surface area (Å²) < 4.78 is 5.32. The van der Waals surface area contributed by atoms with Crippen molar-refractivity contribution in [1.29, 1.82) is 0 Å². The molecular weight excluding hydrogens is 268 g/mol. The molecule has 2 rings (SSSR count). The predicted octanol–water partition coefficient (Wildman–Crippen LogP) is 0.762. The summed E-state index contributed by atoms with van der Waals surface area (Å²) in [6.45, 7) is 7.11. The quantitative estimate of drug-likeness (QED) is 0.841. The molecule has 0 saturated carbocycles. The van der Waals surface area contributed by atoms with Gasteiger partial charge in [0.15, 0.2) is 0 Å². The molecule has 116 valence electrons. The fourth-order valence-electron chi connectivity index (χ4n) is 2.48. The molecule has 0 aliphatic carbocycles. The number of morpholine rings is 1. The first-order valence-electron chi connectivity index (χ1n) is 7.47. The van der Waals surface area contributed by atoms with Gasteiger partial charge in [0.1, 0.15) is 0 Å². The molecule has 1 heterocycles. The zero-order valence-corrected chi connectivity index (χ0v) is 12.6. The number of aryl methyl sites for hydroxylation is 1. The standard InChI is InChI=1S/C16H24N2O3/c1-14-3-2-4-15(13-14)16(20)18(7-10-19)6-5-17-8-11-21-12-9-17/h2-4,13,19H,5-12H2,1H3. The minimum atomic E-state index is -0.0132. The Bertz CT molecular complexity index is 459. The van der Waals surface area contributed by atoms with E-state index in [-0.39, 0.29) is 12.5 Å². The second-order valence-electron chi connectivity index (χ2n) is 5.34. The first kappa shape index (κ1) is 15.9. The van der Waals surface area contributed by atoms with E-state index >= 15 is 0 Å². The summed E-state index contributed by atoms with van der Waals surface area (Å²) >= 11 is 0. The van der Waals surface area contributed by atoms with Gasteiger partial charge in [0.2, 0.25) is 0 Å². The zero-order valence-electron chi connectivity index (χ0n) is 12.6. The van der Waals surface area contributed by atoms with Crippen LogP contribution in [0, 0.1) is 6.92 Å². The monoisotopic (exact) mass is 292 g/mol. The van der Waals surface area contributed by atoms with Gasteiger partial charge in [0.05, 0.1) is 19.8 Å². The van der Waals surface area contributed by atoms with E-state index in [1.165, 1.54) is 0 Å². The number of amides is 1. The SMILES string of the molecule is Cc1cccc(C(=O)N(CCO)CCN2CCOCC2)c1. The van der Waals surface area contributed by atoms with Crippen molar-refractivity contribution in [3.8, 4) is 0 Å². The average molecular weight is 292 g/mol. The maximum Gasteiger partial charge on any atom is 0.253 e. The van der Waals surface area contributed by atoms with Gasteiger partial charge in [-0.05, 0) is 19.1 Å². The number of aliphatic hydroxyl groups excluding tert-OH is 1. The lowest BCUT2D eigenvalue weighted by molar-refractivity contribution is 0.0315. The molecule has 1 aliphatic heterocycles. The molecule has 0 bridgehead atoms. The van der Waals surface area contributed by atoms with Crippen LogP contribution in [0.1, 0.15) is 15.9 Å². The Hall–Kier alpha value is -1.43. The number of hydrogen-bond acceptors (Lipinski definition) is 4. The van der Waals surface area contributed by atoms with Gasteiger partial charge in [-0.25, -0.2) is 0 Å². The molecule has 1 amide bonds. The molecule has 0 atom stereocenters. The van der Waals surface area contributed by atoms with Crippen LogP contribution < -0.4 is 0 Å². The van der Waals surface area contributed by atoms with E-state index in [1.807, 2.05) is 31.2 Å². The molecule has 1 aromatic rings. The molecule has 1 saturated heterocycles. The maximum absolute atomic E-state index is 12.5. The van der Waals surface area contributed by atoms with E-state index in [0.29, 0.717) is 18.7 Å². The van der Waals surface area contributed by atoms with E-state index < -0.39 is 0 Å². The van der Waals surface area contributed by atoms with Gasteiger partial charge < -0.3 is 14.7 Å². The highest BCUT2D eigenvalue weighted by molar-refractivity contribution is 5.94. The molecule has 5 heteroatoms. The highest BCUT2D eigenvalue weighted by Crippen LogP contribution is 2.08. The van der Waals surface area contributed by atoms with Crippen LogP contribution in [0.3, 0.4) is 0 Å². The molecule has 0 spiro atoms.